The fourth-order valence-corrected chi connectivity index (χ4v) is 3.47. The van der Waals surface area contributed by atoms with Crippen molar-refractivity contribution in [2.24, 2.45) is 0 Å². The molecule has 0 fully saturated rings. The number of hydrogen-bond donors (Lipinski definition) is 3. The van der Waals surface area contributed by atoms with Crippen molar-refractivity contribution in [1.82, 2.24) is 10.2 Å². The number of nitrogens with one attached hydrogen (secondary N) is 2. The molecule has 0 bridgehead atoms. The molecule has 0 aliphatic carbocycles. The maximum atomic E-state index is 12.2. The Bertz CT molecular complexity index is 822. The van der Waals surface area contributed by atoms with Crippen molar-refractivity contribution in [2.75, 3.05) is 4.72 Å². The van der Waals surface area contributed by atoms with E-state index in [1.807, 2.05) is 0 Å². The van der Waals surface area contributed by atoms with Crippen LogP contribution in [0.3, 0.4) is 0 Å². The van der Waals surface area contributed by atoms with E-state index in [-0.39, 0.29) is 15.7 Å². The number of nitrogens with zero attached hydrogens (tertiary/aromatic N) is 1. The van der Waals surface area contributed by atoms with Crippen LogP contribution in [0.1, 0.15) is 10.4 Å². The standard InChI is InChI=1S/C10H6BrCl2N3O4S/c11-5-1-2-6(8(13)7(5)12)16-21(19,20)9-4(10(17)18)3-14-15-9/h1-3,16H,(H,14,15)(H,17,18). The van der Waals surface area contributed by atoms with E-state index in [1.54, 1.807) is 0 Å². The lowest BCUT2D eigenvalue weighted by Crippen LogP contribution is -2.17. The van der Waals surface area contributed by atoms with Gasteiger partial charge < -0.3 is 5.11 Å². The molecule has 7 nitrogen and oxygen atoms in total. The van der Waals surface area contributed by atoms with Gasteiger partial charge in [0.1, 0.15) is 5.56 Å². The number of H-pyrrole nitrogens is 1. The Hall–Kier alpha value is -1.29. The molecule has 2 rings (SSSR count). The third-order valence-electron chi connectivity index (χ3n) is 2.38. The number of aromatic amines is 1. The molecule has 0 aliphatic rings. The van der Waals surface area contributed by atoms with E-state index in [1.165, 1.54) is 12.1 Å². The fraction of sp³-hybridized carbons (Fsp3) is 0. The minimum absolute atomic E-state index is 0.0100. The SMILES string of the molecule is O=C(O)c1cn[nH]c1S(=O)(=O)Nc1ccc(Br)c(Cl)c1Cl. The highest BCUT2D eigenvalue weighted by Gasteiger charge is 2.26. The number of hydrogen-bond acceptors (Lipinski definition) is 4. The van der Waals surface area contributed by atoms with Gasteiger partial charge in [0.25, 0.3) is 10.0 Å². The molecule has 2 aromatic rings. The first-order chi connectivity index (χ1) is 9.74. The van der Waals surface area contributed by atoms with Crippen LogP contribution in [-0.4, -0.2) is 29.7 Å². The van der Waals surface area contributed by atoms with Gasteiger partial charge in [-0.1, -0.05) is 23.2 Å². The van der Waals surface area contributed by atoms with E-state index in [0.717, 1.165) is 6.20 Å². The molecule has 0 saturated heterocycles. The summed E-state index contributed by atoms with van der Waals surface area (Å²) < 4.78 is 27.0. The summed E-state index contributed by atoms with van der Waals surface area (Å²) in [6.07, 6.45) is 0.896. The van der Waals surface area contributed by atoms with Gasteiger partial charge in [0, 0.05) is 4.47 Å². The van der Waals surface area contributed by atoms with Gasteiger partial charge in [0.05, 0.1) is 21.9 Å². The van der Waals surface area contributed by atoms with Gasteiger partial charge >= 0.3 is 5.97 Å². The number of benzene rings is 1. The Morgan fingerprint density at radius 3 is 2.62 bits per heavy atom. The summed E-state index contributed by atoms with van der Waals surface area (Å²) in [6, 6.07) is 2.88. The first kappa shape index (κ1) is 16.1. The highest BCUT2D eigenvalue weighted by Crippen LogP contribution is 2.36. The molecule has 21 heavy (non-hydrogen) atoms. The third-order valence-corrected chi connectivity index (χ3v) is 5.49. The molecule has 0 saturated carbocycles. The van der Waals surface area contributed by atoms with Crippen molar-refractivity contribution in [3.05, 3.63) is 38.4 Å². The summed E-state index contributed by atoms with van der Waals surface area (Å²) in [5.74, 6) is -1.43. The summed E-state index contributed by atoms with van der Waals surface area (Å²) in [4.78, 5) is 10.9. The Morgan fingerprint density at radius 1 is 1.33 bits per heavy atom. The normalized spacial score (nSPS) is 11.4. The minimum Gasteiger partial charge on any atom is -0.478 e. The zero-order valence-electron chi connectivity index (χ0n) is 9.89. The second kappa shape index (κ2) is 5.84. The third kappa shape index (κ3) is 3.15. The number of aromatic carboxylic acids is 1. The van der Waals surface area contributed by atoms with E-state index in [0.29, 0.717) is 4.47 Å². The van der Waals surface area contributed by atoms with Gasteiger partial charge in [-0.2, -0.15) is 13.5 Å². The van der Waals surface area contributed by atoms with Gasteiger partial charge in [-0.05, 0) is 28.1 Å². The molecule has 0 aliphatic heterocycles. The van der Waals surface area contributed by atoms with E-state index >= 15 is 0 Å². The Kier molecular flexibility index (Phi) is 4.47. The first-order valence-corrected chi connectivity index (χ1v) is 8.20. The lowest BCUT2D eigenvalue weighted by Gasteiger charge is -2.10. The van der Waals surface area contributed by atoms with Crippen molar-refractivity contribution < 1.29 is 18.3 Å². The molecule has 0 amide bonds. The van der Waals surface area contributed by atoms with Crippen LogP contribution in [0.4, 0.5) is 5.69 Å². The molecule has 0 atom stereocenters. The maximum absolute atomic E-state index is 12.2. The number of carboxylic acid groups (broad SMARTS) is 1. The molecule has 1 aromatic carbocycles. The first-order valence-electron chi connectivity index (χ1n) is 5.17. The van der Waals surface area contributed by atoms with Crippen molar-refractivity contribution in [3.63, 3.8) is 0 Å². The highest BCUT2D eigenvalue weighted by molar-refractivity contribution is 9.10. The number of carboxylic acids is 1. The van der Waals surface area contributed by atoms with E-state index < -0.39 is 26.6 Å². The lowest BCUT2D eigenvalue weighted by atomic mass is 10.3. The number of rotatable bonds is 4. The predicted octanol–water partition coefficient (Wildman–Crippen LogP) is 2.98. The minimum atomic E-state index is -4.21. The quantitative estimate of drug-likeness (QED) is 0.665. The van der Waals surface area contributed by atoms with Crippen LogP contribution >= 0.6 is 39.1 Å². The molecule has 3 N–H and O–H groups in total. The average molecular weight is 415 g/mol. The summed E-state index contributed by atoms with van der Waals surface area (Å²) in [5, 5.41) is 14.0. The van der Waals surface area contributed by atoms with Crippen molar-refractivity contribution in [3.8, 4) is 0 Å². The van der Waals surface area contributed by atoms with Crippen molar-refractivity contribution >= 4 is 60.8 Å². The Morgan fingerprint density at radius 2 is 2.00 bits per heavy atom. The number of aromatic nitrogens is 2. The molecule has 11 heteroatoms. The summed E-state index contributed by atoms with van der Waals surface area (Å²) >= 11 is 15.0. The molecular formula is C10H6BrCl2N3O4S. The molecular weight excluding hydrogens is 409 g/mol. The molecule has 0 spiro atoms. The zero-order chi connectivity index (χ0) is 15.8. The molecule has 1 heterocycles. The summed E-state index contributed by atoms with van der Waals surface area (Å²) in [7, 11) is -4.21. The molecule has 112 valence electrons. The van der Waals surface area contributed by atoms with Crippen LogP contribution in [-0.2, 0) is 10.0 Å². The van der Waals surface area contributed by atoms with Crippen LogP contribution < -0.4 is 4.72 Å². The second-order valence-electron chi connectivity index (χ2n) is 3.75. The van der Waals surface area contributed by atoms with Gasteiger partial charge in [-0.25, -0.2) is 4.79 Å². The van der Waals surface area contributed by atoms with Gasteiger partial charge in [0.15, 0.2) is 5.03 Å². The second-order valence-corrected chi connectivity index (χ2v) is 6.98. The Balaban J connectivity index is 2.45. The zero-order valence-corrected chi connectivity index (χ0v) is 13.8. The summed E-state index contributed by atoms with van der Waals surface area (Å²) in [6.45, 7) is 0. The topological polar surface area (TPSA) is 112 Å². The van der Waals surface area contributed by atoms with E-state index in [9.17, 15) is 13.2 Å². The van der Waals surface area contributed by atoms with E-state index in [2.05, 4.69) is 30.8 Å². The number of carbonyl (C=O) groups is 1. The maximum Gasteiger partial charge on any atom is 0.340 e. The van der Waals surface area contributed by atoms with Gasteiger partial charge in [0.2, 0.25) is 0 Å². The summed E-state index contributed by atoms with van der Waals surface area (Å²) in [5.41, 5.74) is -0.474. The van der Waals surface area contributed by atoms with Gasteiger partial charge in [-0.3, -0.25) is 9.82 Å². The van der Waals surface area contributed by atoms with Crippen LogP contribution in [0.25, 0.3) is 0 Å². The lowest BCUT2D eigenvalue weighted by molar-refractivity contribution is 0.0692. The Labute approximate surface area is 137 Å². The number of halogens is 3. The molecule has 0 radical (unpaired) electrons. The highest BCUT2D eigenvalue weighted by atomic mass is 79.9. The van der Waals surface area contributed by atoms with Crippen LogP contribution in [0.15, 0.2) is 27.8 Å². The average Bonchev–Trinajstić information content (AvgIpc) is 2.90. The number of sulfonamides is 1. The smallest absolute Gasteiger partial charge is 0.340 e. The van der Waals surface area contributed by atoms with Crippen LogP contribution in [0.5, 0.6) is 0 Å². The monoisotopic (exact) mass is 413 g/mol. The van der Waals surface area contributed by atoms with Crippen molar-refractivity contribution in [2.45, 2.75) is 5.03 Å². The van der Waals surface area contributed by atoms with Gasteiger partial charge in [-0.15, -0.1) is 0 Å². The van der Waals surface area contributed by atoms with Crippen LogP contribution in [0.2, 0.25) is 10.0 Å². The predicted molar refractivity (Wildman–Crippen MR) is 80.5 cm³/mol. The number of anilines is 1. The fourth-order valence-electron chi connectivity index (χ4n) is 1.43. The largest absolute Gasteiger partial charge is 0.478 e. The van der Waals surface area contributed by atoms with Crippen molar-refractivity contribution in [1.29, 1.82) is 0 Å². The van der Waals surface area contributed by atoms with Crippen LogP contribution in [0, 0.1) is 0 Å². The molecule has 1 aromatic heterocycles. The molecule has 0 unspecified atom stereocenters. The van der Waals surface area contributed by atoms with E-state index in [4.69, 9.17) is 28.3 Å².